The lowest BCUT2D eigenvalue weighted by atomic mass is 10.2. The minimum atomic E-state index is -0.452. The summed E-state index contributed by atoms with van der Waals surface area (Å²) in [5.74, 6) is 0.292. The molecule has 27 heavy (non-hydrogen) atoms. The third kappa shape index (κ3) is 3.43. The molecule has 0 fully saturated rings. The van der Waals surface area contributed by atoms with Gasteiger partial charge in [0.15, 0.2) is 5.75 Å². The number of fused-ring (bicyclic) bond motifs is 1. The Kier molecular flexibility index (Phi) is 4.18. The predicted molar refractivity (Wildman–Crippen MR) is 97.4 cm³/mol. The second-order valence-corrected chi connectivity index (χ2v) is 5.74. The van der Waals surface area contributed by atoms with E-state index in [9.17, 15) is 9.59 Å². The fourth-order valence-electron chi connectivity index (χ4n) is 2.60. The quantitative estimate of drug-likeness (QED) is 0.407. The number of esters is 1. The molecule has 4 rings (SSSR count). The molecule has 7 heteroatoms. The van der Waals surface area contributed by atoms with Crippen molar-refractivity contribution < 1.29 is 18.7 Å². The van der Waals surface area contributed by atoms with Crippen molar-refractivity contribution in [3.05, 3.63) is 77.4 Å². The van der Waals surface area contributed by atoms with Gasteiger partial charge >= 0.3 is 5.97 Å². The van der Waals surface area contributed by atoms with Crippen molar-refractivity contribution in [3.8, 4) is 22.9 Å². The van der Waals surface area contributed by atoms with E-state index in [0.717, 1.165) is 5.69 Å². The molecule has 134 valence electrons. The molecule has 0 radical (unpaired) electrons. The summed E-state index contributed by atoms with van der Waals surface area (Å²) in [5.41, 5.74) is 0.833. The standard InChI is InChI=1S/C20H14N2O5/c1-13(23)26-15-7-8-17-18(9-15)25-12-19(20(17)24)27-16-10-21-22(11-16)14-5-3-2-4-6-14/h2-12H,1H3. The Labute approximate surface area is 153 Å². The van der Waals surface area contributed by atoms with Crippen LogP contribution in [0.25, 0.3) is 16.7 Å². The molecular formula is C20H14N2O5. The van der Waals surface area contributed by atoms with E-state index in [1.165, 1.54) is 37.6 Å². The molecular weight excluding hydrogens is 348 g/mol. The number of para-hydroxylation sites is 1. The van der Waals surface area contributed by atoms with Gasteiger partial charge in [0.25, 0.3) is 0 Å². The average Bonchev–Trinajstić information content (AvgIpc) is 3.13. The van der Waals surface area contributed by atoms with Crippen molar-refractivity contribution in [1.29, 1.82) is 0 Å². The van der Waals surface area contributed by atoms with Gasteiger partial charge in [-0.1, -0.05) is 18.2 Å². The van der Waals surface area contributed by atoms with Gasteiger partial charge in [0.05, 0.1) is 23.5 Å². The summed E-state index contributed by atoms with van der Waals surface area (Å²) in [7, 11) is 0. The van der Waals surface area contributed by atoms with Crippen molar-refractivity contribution in [1.82, 2.24) is 9.78 Å². The molecule has 0 N–H and O–H groups in total. The Morgan fingerprint density at radius 3 is 2.70 bits per heavy atom. The van der Waals surface area contributed by atoms with E-state index in [-0.39, 0.29) is 11.2 Å². The molecule has 7 nitrogen and oxygen atoms in total. The third-order valence-electron chi connectivity index (χ3n) is 3.78. The Morgan fingerprint density at radius 2 is 1.93 bits per heavy atom. The number of benzene rings is 2. The summed E-state index contributed by atoms with van der Waals surface area (Å²) in [5, 5.41) is 4.54. The molecule has 0 saturated heterocycles. The highest BCUT2D eigenvalue weighted by atomic mass is 16.5. The third-order valence-corrected chi connectivity index (χ3v) is 3.78. The number of nitrogens with zero attached hydrogens (tertiary/aromatic N) is 2. The van der Waals surface area contributed by atoms with Crippen molar-refractivity contribution in [3.63, 3.8) is 0 Å². The molecule has 0 atom stereocenters. The zero-order valence-electron chi connectivity index (χ0n) is 14.3. The van der Waals surface area contributed by atoms with Gasteiger partial charge in [-0.3, -0.25) is 9.59 Å². The number of hydrogen-bond acceptors (Lipinski definition) is 6. The van der Waals surface area contributed by atoms with Gasteiger partial charge in [-0.15, -0.1) is 0 Å². The van der Waals surface area contributed by atoms with Crippen LogP contribution in [0, 0.1) is 0 Å². The maximum absolute atomic E-state index is 12.6. The normalized spacial score (nSPS) is 10.7. The number of hydrogen-bond donors (Lipinski definition) is 0. The maximum Gasteiger partial charge on any atom is 0.308 e. The number of rotatable bonds is 4. The monoisotopic (exact) mass is 362 g/mol. The molecule has 0 amide bonds. The highest BCUT2D eigenvalue weighted by Crippen LogP contribution is 2.24. The van der Waals surface area contributed by atoms with Gasteiger partial charge in [0, 0.05) is 13.0 Å². The Morgan fingerprint density at radius 1 is 1.11 bits per heavy atom. The lowest BCUT2D eigenvalue weighted by Gasteiger charge is -2.05. The first-order valence-electron chi connectivity index (χ1n) is 8.12. The highest BCUT2D eigenvalue weighted by molar-refractivity contribution is 5.80. The van der Waals surface area contributed by atoms with Gasteiger partial charge in [-0.05, 0) is 24.3 Å². The van der Waals surface area contributed by atoms with E-state index in [1.807, 2.05) is 30.3 Å². The number of ether oxygens (including phenoxy) is 2. The van der Waals surface area contributed by atoms with Crippen LogP contribution < -0.4 is 14.9 Å². The molecule has 0 unspecified atom stereocenters. The van der Waals surface area contributed by atoms with Crippen molar-refractivity contribution in [2.45, 2.75) is 6.92 Å². The van der Waals surface area contributed by atoms with E-state index < -0.39 is 5.97 Å². The lowest BCUT2D eigenvalue weighted by molar-refractivity contribution is -0.131. The first-order chi connectivity index (χ1) is 13.1. The molecule has 0 bridgehead atoms. The molecule has 0 saturated carbocycles. The van der Waals surface area contributed by atoms with Crippen LogP contribution in [0.3, 0.4) is 0 Å². The zero-order valence-corrected chi connectivity index (χ0v) is 14.3. The first-order valence-corrected chi connectivity index (χ1v) is 8.12. The van der Waals surface area contributed by atoms with E-state index in [2.05, 4.69) is 5.10 Å². The molecule has 4 aromatic rings. The van der Waals surface area contributed by atoms with Gasteiger partial charge in [-0.25, -0.2) is 4.68 Å². The summed E-state index contributed by atoms with van der Waals surface area (Å²) in [6.07, 6.45) is 4.41. The highest BCUT2D eigenvalue weighted by Gasteiger charge is 2.12. The molecule has 2 heterocycles. The largest absolute Gasteiger partial charge is 0.460 e. The topological polar surface area (TPSA) is 83.6 Å². The summed E-state index contributed by atoms with van der Waals surface area (Å²) in [6, 6.07) is 14.1. The number of carbonyl (C=O) groups excluding carboxylic acids is 1. The fraction of sp³-hybridized carbons (Fsp3) is 0.0500. The maximum atomic E-state index is 12.6. The van der Waals surface area contributed by atoms with Gasteiger partial charge in [0.2, 0.25) is 11.2 Å². The minimum absolute atomic E-state index is 0.0374. The van der Waals surface area contributed by atoms with Crippen LogP contribution >= 0.6 is 0 Å². The molecule has 0 aliphatic heterocycles. The van der Waals surface area contributed by atoms with Crippen LogP contribution in [-0.2, 0) is 4.79 Å². The van der Waals surface area contributed by atoms with Crippen LogP contribution in [0.5, 0.6) is 17.2 Å². The van der Waals surface area contributed by atoms with Crippen LogP contribution in [0.1, 0.15) is 6.92 Å². The Balaban J connectivity index is 1.63. The fourth-order valence-corrected chi connectivity index (χ4v) is 2.60. The second kappa shape index (κ2) is 6.80. The van der Waals surface area contributed by atoms with E-state index >= 15 is 0 Å². The summed E-state index contributed by atoms with van der Waals surface area (Å²) >= 11 is 0. The summed E-state index contributed by atoms with van der Waals surface area (Å²) < 4.78 is 17.7. The zero-order chi connectivity index (χ0) is 18.8. The summed E-state index contributed by atoms with van der Waals surface area (Å²) in [6.45, 7) is 1.30. The Bertz CT molecular complexity index is 1180. The van der Waals surface area contributed by atoms with Crippen LogP contribution in [0.15, 0.2) is 76.4 Å². The average molecular weight is 362 g/mol. The van der Waals surface area contributed by atoms with E-state index in [4.69, 9.17) is 13.9 Å². The van der Waals surface area contributed by atoms with Crippen LogP contribution in [-0.4, -0.2) is 15.7 Å². The number of carbonyl (C=O) groups is 1. The molecule has 0 spiro atoms. The van der Waals surface area contributed by atoms with Crippen LogP contribution in [0.2, 0.25) is 0 Å². The lowest BCUT2D eigenvalue weighted by Crippen LogP contribution is -2.06. The van der Waals surface area contributed by atoms with Gasteiger partial charge in [0.1, 0.15) is 17.6 Å². The summed E-state index contributed by atoms with van der Waals surface area (Å²) in [4.78, 5) is 23.7. The van der Waals surface area contributed by atoms with Crippen molar-refractivity contribution in [2.24, 2.45) is 0 Å². The van der Waals surface area contributed by atoms with Gasteiger partial charge in [-0.2, -0.15) is 5.10 Å². The Hall–Kier alpha value is -3.87. The van der Waals surface area contributed by atoms with Crippen molar-refractivity contribution >= 4 is 16.9 Å². The minimum Gasteiger partial charge on any atom is -0.460 e. The second-order valence-electron chi connectivity index (χ2n) is 5.74. The molecule has 0 aliphatic carbocycles. The molecule has 0 aliphatic rings. The van der Waals surface area contributed by atoms with Crippen LogP contribution in [0.4, 0.5) is 0 Å². The smallest absolute Gasteiger partial charge is 0.308 e. The van der Waals surface area contributed by atoms with Crippen molar-refractivity contribution in [2.75, 3.05) is 0 Å². The predicted octanol–water partition coefficient (Wildman–Crippen LogP) is 3.70. The van der Waals surface area contributed by atoms with E-state index in [0.29, 0.717) is 22.5 Å². The number of aromatic nitrogens is 2. The SMILES string of the molecule is CC(=O)Oc1ccc2c(=O)c(Oc3cnn(-c4ccccc4)c3)coc2c1. The van der Waals surface area contributed by atoms with E-state index in [1.54, 1.807) is 10.9 Å². The molecule has 2 aromatic carbocycles. The van der Waals surface area contributed by atoms with Gasteiger partial charge < -0.3 is 13.9 Å². The molecule has 2 aromatic heterocycles. The first kappa shape index (κ1) is 16.6.